The number of nitrogens with one attached hydrogen (secondary N) is 2. The third-order valence-electron chi connectivity index (χ3n) is 4.96. The summed E-state index contributed by atoms with van der Waals surface area (Å²) in [4.78, 5) is 36.5. The number of carbonyl (C=O) groups is 3. The van der Waals surface area contributed by atoms with Gasteiger partial charge in [-0.1, -0.05) is 20.3 Å². The number of benzene rings is 1. The van der Waals surface area contributed by atoms with Crippen LogP contribution in [0.3, 0.4) is 0 Å². The van der Waals surface area contributed by atoms with Gasteiger partial charge in [-0.05, 0) is 56.2 Å². The van der Waals surface area contributed by atoms with Crippen molar-refractivity contribution in [2.24, 2.45) is 5.92 Å². The van der Waals surface area contributed by atoms with Crippen molar-refractivity contribution < 1.29 is 23.9 Å². The summed E-state index contributed by atoms with van der Waals surface area (Å²) in [6.07, 6.45) is 0.715. The Bertz CT molecular complexity index is 869. The normalized spacial score (nSPS) is 12.6. The van der Waals surface area contributed by atoms with E-state index in [0.29, 0.717) is 17.7 Å². The predicted molar refractivity (Wildman–Crippen MR) is 113 cm³/mol. The first-order valence-corrected chi connectivity index (χ1v) is 9.83. The Labute approximate surface area is 176 Å². The van der Waals surface area contributed by atoms with E-state index in [-0.39, 0.29) is 18.4 Å². The van der Waals surface area contributed by atoms with Crippen LogP contribution in [-0.2, 0) is 14.3 Å². The van der Waals surface area contributed by atoms with Gasteiger partial charge in [-0.25, -0.2) is 4.79 Å². The van der Waals surface area contributed by atoms with Crippen molar-refractivity contribution in [1.29, 1.82) is 0 Å². The van der Waals surface area contributed by atoms with E-state index in [1.807, 2.05) is 39.8 Å². The molecule has 2 rings (SSSR count). The first-order valence-electron chi connectivity index (χ1n) is 9.83. The van der Waals surface area contributed by atoms with Crippen molar-refractivity contribution >= 4 is 17.8 Å². The third kappa shape index (κ3) is 5.85. The molecule has 0 saturated heterocycles. The Hall–Kier alpha value is -3.29. The molecule has 2 N–H and O–H groups in total. The second-order valence-electron chi connectivity index (χ2n) is 7.16. The number of ether oxygens (including phenoxy) is 2. The molecule has 162 valence electrons. The molecule has 2 amide bonds. The number of amides is 2. The third-order valence-corrected chi connectivity index (χ3v) is 4.96. The van der Waals surface area contributed by atoms with Crippen LogP contribution in [0.15, 0.2) is 36.4 Å². The van der Waals surface area contributed by atoms with Gasteiger partial charge in [-0.2, -0.15) is 0 Å². The Balaban J connectivity index is 1.91. The highest BCUT2D eigenvalue weighted by atomic mass is 16.5. The van der Waals surface area contributed by atoms with Gasteiger partial charge in [-0.15, -0.1) is 0 Å². The minimum absolute atomic E-state index is 0.0632. The van der Waals surface area contributed by atoms with Crippen molar-refractivity contribution in [3.63, 3.8) is 0 Å². The van der Waals surface area contributed by atoms with Crippen LogP contribution in [0, 0.1) is 19.8 Å². The SMILES string of the molecule is CC[C@H](C)[C@H](NC(=O)COc1ccc(C(=O)Nn2c(C)ccc2C)cc1)C(=O)OC. The summed E-state index contributed by atoms with van der Waals surface area (Å²) >= 11 is 0. The van der Waals surface area contributed by atoms with E-state index in [2.05, 4.69) is 10.7 Å². The second-order valence-corrected chi connectivity index (χ2v) is 7.16. The Morgan fingerprint density at radius 1 is 1.03 bits per heavy atom. The maximum Gasteiger partial charge on any atom is 0.328 e. The Kier molecular flexibility index (Phi) is 8.03. The number of aryl methyl sites for hydroxylation is 2. The average Bonchev–Trinajstić information content (AvgIpc) is 3.07. The van der Waals surface area contributed by atoms with Crippen LogP contribution in [-0.4, -0.2) is 42.2 Å². The van der Waals surface area contributed by atoms with Gasteiger partial charge in [-0.3, -0.25) is 19.7 Å². The molecule has 1 aromatic heterocycles. The van der Waals surface area contributed by atoms with Gasteiger partial charge in [0.1, 0.15) is 11.8 Å². The first kappa shape index (κ1) is 23.0. The van der Waals surface area contributed by atoms with Crippen molar-refractivity contribution in [3.05, 3.63) is 53.3 Å². The lowest BCUT2D eigenvalue weighted by atomic mass is 9.99. The minimum Gasteiger partial charge on any atom is -0.484 e. The van der Waals surface area contributed by atoms with Crippen LogP contribution in [0.1, 0.15) is 42.0 Å². The van der Waals surface area contributed by atoms with Crippen LogP contribution < -0.4 is 15.5 Å². The second kappa shape index (κ2) is 10.5. The smallest absolute Gasteiger partial charge is 0.328 e. The van der Waals surface area contributed by atoms with Gasteiger partial charge >= 0.3 is 5.97 Å². The number of methoxy groups -OCH3 is 1. The molecule has 1 aromatic carbocycles. The highest BCUT2D eigenvalue weighted by Crippen LogP contribution is 2.14. The van der Waals surface area contributed by atoms with Crippen LogP contribution in [0.4, 0.5) is 0 Å². The summed E-state index contributed by atoms with van der Waals surface area (Å²) in [5.41, 5.74) is 5.14. The lowest BCUT2D eigenvalue weighted by molar-refractivity contribution is -0.146. The molecule has 2 atom stereocenters. The largest absolute Gasteiger partial charge is 0.484 e. The highest BCUT2D eigenvalue weighted by Gasteiger charge is 2.26. The quantitative estimate of drug-likeness (QED) is 0.614. The summed E-state index contributed by atoms with van der Waals surface area (Å²) < 4.78 is 11.9. The molecule has 0 fully saturated rings. The summed E-state index contributed by atoms with van der Waals surface area (Å²) in [7, 11) is 1.29. The fourth-order valence-electron chi connectivity index (χ4n) is 2.87. The van der Waals surface area contributed by atoms with E-state index < -0.39 is 17.9 Å². The van der Waals surface area contributed by atoms with Crippen LogP contribution >= 0.6 is 0 Å². The molecule has 0 aliphatic rings. The van der Waals surface area contributed by atoms with Gasteiger partial charge in [0.25, 0.3) is 11.8 Å². The molecule has 8 heteroatoms. The predicted octanol–water partition coefficient (Wildman–Crippen LogP) is 2.57. The topological polar surface area (TPSA) is 98.7 Å². The number of nitrogens with zero attached hydrogens (tertiary/aromatic N) is 1. The van der Waals surface area contributed by atoms with E-state index in [4.69, 9.17) is 9.47 Å². The summed E-state index contributed by atoms with van der Waals surface area (Å²) in [5, 5.41) is 2.65. The fourth-order valence-corrected chi connectivity index (χ4v) is 2.87. The van der Waals surface area contributed by atoms with Gasteiger partial charge in [0, 0.05) is 17.0 Å². The molecule has 0 unspecified atom stereocenters. The van der Waals surface area contributed by atoms with Gasteiger partial charge in [0.05, 0.1) is 7.11 Å². The molecule has 30 heavy (non-hydrogen) atoms. The van der Waals surface area contributed by atoms with E-state index in [1.54, 1.807) is 28.9 Å². The van der Waals surface area contributed by atoms with E-state index >= 15 is 0 Å². The molecule has 8 nitrogen and oxygen atoms in total. The molecule has 0 spiro atoms. The molecular formula is C22H29N3O5. The lowest BCUT2D eigenvalue weighted by Gasteiger charge is -2.21. The number of esters is 1. The van der Waals surface area contributed by atoms with Crippen LogP contribution in [0.25, 0.3) is 0 Å². The minimum atomic E-state index is -0.720. The van der Waals surface area contributed by atoms with Gasteiger partial charge in [0.2, 0.25) is 0 Å². The number of rotatable bonds is 9. The molecule has 0 aliphatic heterocycles. The first-order chi connectivity index (χ1) is 14.3. The monoisotopic (exact) mass is 415 g/mol. The molecule has 0 bridgehead atoms. The highest BCUT2D eigenvalue weighted by molar-refractivity contribution is 6.00. The molecule has 2 aromatic rings. The van der Waals surface area contributed by atoms with E-state index in [9.17, 15) is 14.4 Å². The average molecular weight is 415 g/mol. The maximum absolute atomic E-state index is 12.4. The van der Waals surface area contributed by atoms with Gasteiger partial charge in [0.15, 0.2) is 6.61 Å². The molecule has 0 aliphatic carbocycles. The number of hydrogen-bond donors (Lipinski definition) is 2. The van der Waals surface area contributed by atoms with Crippen LogP contribution in [0.5, 0.6) is 5.75 Å². The Morgan fingerprint density at radius 3 is 2.17 bits per heavy atom. The standard InChI is InChI=1S/C22H29N3O5/c1-6-14(2)20(22(28)29-5)23-19(26)13-30-18-11-9-17(10-12-18)21(27)24-25-15(3)7-8-16(25)4/h7-12,14,20H,6,13H2,1-5H3,(H,23,26)(H,24,27)/t14-,20-/m0/s1. The summed E-state index contributed by atoms with van der Waals surface area (Å²) in [5.74, 6) is -0.788. The number of carbonyl (C=O) groups excluding carboxylic acids is 3. The van der Waals surface area contributed by atoms with Crippen molar-refractivity contribution in [3.8, 4) is 5.75 Å². The number of hydrogen-bond acceptors (Lipinski definition) is 5. The summed E-state index contributed by atoms with van der Waals surface area (Å²) in [6, 6.07) is 9.59. The molecule has 0 radical (unpaired) electrons. The van der Waals surface area contributed by atoms with Crippen molar-refractivity contribution in [2.45, 2.75) is 40.2 Å². The molecular weight excluding hydrogens is 386 g/mol. The molecule has 1 heterocycles. The number of aromatic nitrogens is 1. The van der Waals surface area contributed by atoms with Crippen LogP contribution in [0.2, 0.25) is 0 Å². The zero-order valence-electron chi connectivity index (χ0n) is 18.0. The maximum atomic E-state index is 12.4. The van der Waals surface area contributed by atoms with Crippen molar-refractivity contribution in [2.75, 3.05) is 19.1 Å². The Morgan fingerprint density at radius 2 is 1.63 bits per heavy atom. The summed E-state index contributed by atoms with van der Waals surface area (Å²) in [6.45, 7) is 7.35. The fraction of sp³-hybridized carbons (Fsp3) is 0.409. The zero-order valence-corrected chi connectivity index (χ0v) is 18.0. The zero-order chi connectivity index (χ0) is 22.3. The molecule has 0 saturated carbocycles. The van der Waals surface area contributed by atoms with E-state index in [1.165, 1.54) is 7.11 Å². The van der Waals surface area contributed by atoms with E-state index in [0.717, 1.165) is 11.4 Å². The van der Waals surface area contributed by atoms with Crippen molar-refractivity contribution in [1.82, 2.24) is 9.99 Å². The lowest BCUT2D eigenvalue weighted by Crippen LogP contribution is -2.47. The van der Waals surface area contributed by atoms with Gasteiger partial charge < -0.3 is 14.8 Å².